The van der Waals surface area contributed by atoms with E-state index in [2.05, 4.69) is 15.0 Å². The number of benzene rings is 1. The van der Waals surface area contributed by atoms with Crippen LogP contribution in [-0.2, 0) is 0 Å². The van der Waals surface area contributed by atoms with Crippen LogP contribution in [-0.4, -0.2) is 31.7 Å². The Bertz CT molecular complexity index is 973. The monoisotopic (exact) mass is 314 g/mol. The van der Waals surface area contributed by atoms with Crippen molar-refractivity contribution >= 4 is 28.4 Å². The number of carboxylic acids is 1. The third-order valence-corrected chi connectivity index (χ3v) is 3.58. The second-order valence-corrected chi connectivity index (χ2v) is 4.99. The second-order valence-electron chi connectivity index (χ2n) is 4.99. The summed E-state index contributed by atoms with van der Waals surface area (Å²) in [6, 6.07) is 2.60. The maximum Gasteiger partial charge on any atom is 0.360 e. The fraction of sp³-hybridized carbons (Fsp3) is 0.143. The van der Waals surface area contributed by atoms with Gasteiger partial charge in [0.25, 0.3) is 11.2 Å². The fourth-order valence-electron chi connectivity index (χ4n) is 2.49. The van der Waals surface area contributed by atoms with Gasteiger partial charge >= 0.3 is 5.97 Å². The summed E-state index contributed by atoms with van der Waals surface area (Å²) >= 11 is 0. The molecule has 0 bridgehead atoms. The molecule has 0 saturated heterocycles. The van der Waals surface area contributed by atoms with Gasteiger partial charge in [-0.1, -0.05) is 6.08 Å². The minimum atomic E-state index is -1.47. The maximum absolute atomic E-state index is 11.6. The summed E-state index contributed by atoms with van der Waals surface area (Å²) in [6.45, 7) is 1.74. The number of carboxylic acid groups (broad SMARTS) is 1. The van der Waals surface area contributed by atoms with Crippen LogP contribution in [0.1, 0.15) is 28.9 Å². The zero-order valence-corrected chi connectivity index (χ0v) is 11.8. The first-order valence-corrected chi connectivity index (χ1v) is 6.55. The molecule has 116 valence electrons. The Balaban J connectivity index is 2.32. The lowest BCUT2D eigenvalue weighted by Crippen LogP contribution is -2.20. The lowest BCUT2D eigenvalue weighted by atomic mass is 9.94. The first kappa shape index (κ1) is 14.6. The standard InChI is InChI=1S/C14H10N4O5/c1-6-7(2-3-15-6)8-4-9-10(5-11(8)18(22)23)17-13(19)12(16-9)14(20)21/h2-5,7H,1H3,(H,17,19)(H,20,21). The lowest BCUT2D eigenvalue weighted by molar-refractivity contribution is -0.385. The summed E-state index contributed by atoms with van der Waals surface area (Å²) in [5.74, 6) is -1.85. The van der Waals surface area contributed by atoms with Crippen LogP contribution in [0, 0.1) is 10.1 Å². The number of aromatic amines is 1. The van der Waals surface area contributed by atoms with E-state index in [1.165, 1.54) is 12.1 Å². The number of nitro benzene ring substituents is 1. The van der Waals surface area contributed by atoms with Crippen molar-refractivity contribution in [2.45, 2.75) is 12.8 Å². The number of hydrogen-bond donors (Lipinski definition) is 2. The first-order chi connectivity index (χ1) is 10.9. The number of fused-ring (bicyclic) bond motifs is 1. The Labute approximate surface area is 128 Å². The van der Waals surface area contributed by atoms with Crippen molar-refractivity contribution in [1.29, 1.82) is 0 Å². The number of nitrogens with one attached hydrogen (secondary N) is 1. The second kappa shape index (κ2) is 5.13. The largest absolute Gasteiger partial charge is 0.476 e. The highest BCUT2D eigenvalue weighted by Crippen LogP contribution is 2.33. The number of aromatic nitrogens is 2. The van der Waals surface area contributed by atoms with Crippen LogP contribution in [0.25, 0.3) is 11.0 Å². The highest BCUT2D eigenvalue weighted by Gasteiger charge is 2.26. The van der Waals surface area contributed by atoms with Gasteiger partial charge in [-0.25, -0.2) is 9.78 Å². The van der Waals surface area contributed by atoms with Crippen molar-refractivity contribution in [2.75, 3.05) is 0 Å². The van der Waals surface area contributed by atoms with E-state index in [9.17, 15) is 19.7 Å². The van der Waals surface area contributed by atoms with Gasteiger partial charge in [-0.15, -0.1) is 0 Å². The molecular formula is C14H10N4O5. The van der Waals surface area contributed by atoms with E-state index in [1.807, 2.05) is 0 Å². The molecule has 1 unspecified atom stereocenters. The highest BCUT2D eigenvalue weighted by molar-refractivity contribution is 5.95. The van der Waals surface area contributed by atoms with Crippen LogP contribution in [0.2, 0.25) is 0 Å². The molecule has 2 heterocycles. The van der Waals surface area contributed by atoms with Gasteiger partial charge in [-0.2, -0.15) is 0 Å². The molecule has 0 radical (unpaired) electrons. The van der Waals surface area contributed by atoms with Crippen LogP contribution in [0.4, 0.5) is 5.69 Å². The van der Waals surface area contributed by atoms with E-state index in [1.54, 1.807) is 19.2 Å². The van der Waals surface area contributed by atoms with E-state index in [4.69, 9.17) is 5.11 Å². The Kier molecular flexibility index (Phi) is 3.25. The molecule has 23 heavy (non-hydrogen) atoms. The van der Waals surface area contributed by atoms with Crippen LogP contribution in [0.3, 0.4) is 0 Å². The average Bonchev–Trinajstić information content (AvgIpc) is 2.91. The molecular weight excluding hydrogens is 304 g/mol. The third kappa shape index (κ3) is 2.37. The predicted octanol–water partition coefficient (Wildman–Crippen LogP) is 1.60. The van der Waals surface area contributed by atoms with Crippen molar-refractivity contribution < 1.29 is 14.8 Å². The Morgan fingerprint density at radius 3 is 2.74 bits per heavy atom. The first-order valence-electron chi connectivity index (χ1n) is 6.55. The van der Waals surface area contributed by atoms with Gasteiger partial charge in [-0.3, -0.25) is 19.9 Å². The van der Waals surface area contributed by atoms with Gasteiger partial charge in [0, 0.05) is 29.5 Å². The van der Waals surface area contributed by atoms with Crippen LogP contribution in [0.5, 0.6) is 0 Å². The molecule has 2 N–H and O–H groups in total. The minimum Gasteiger partial charge on any atom is -0.476 e. The van der Waals surface area contributed by atoms with Gasteiger partial charge in [0.05, 0.1) is 16.0 Å². The summed E-state index contributed by atoms with van der Waals surface area (Å²) in [6.07, 6.45) is 3.25. The smallest absolute Gasteiger partial charge is 0.360 e. The van der Waals surface area contributed by atoms with Crippen LogP contribution < -0.4 is 5.56 Å². The van der Waals surface area contributed by atoms with Crippen molar-refractivity contribution in [3.8, 4) is 0 Å². The number of hydrogen-bond acceptors (Lipinski definition) is 6. The summed E-state index contributed by atoms with van der Waals surface area (Å²) in [5.41, 5.74) is -0.481. The van der Waals surface area contributed by atoms with Crippen molar-refractivity contribution in [1.82, 2.24) is 9.97 Å². The molecule has 0 spiro atoms. The number of nitrogens with zero attached hydrogens (tertiary/aromatic N) is 3. The van der Waals surface area contributed by atoms with E-state index in [0.717, 1.165) is 0 Å². The van der Waals surface area contributed by atoms with Crippen molar-refractivity contribution in [3.63, 3.8) is 0 Å². The molecule has 0 aliphatic carbocycles. The lowest BCUT2D eigenvalue weighted by Gasteiger charge is -2.11. The molecule has 1 aromatic heterocycles. The number of H-pyrrole nitrogens is 1. The van der Waals surface area contributed by atoms with E-state index in [-0.39, 0.29) is 22.6 Å². The van der Waals surface area contributed by atoms with E-state index in [0.29, 0.717) is 11.3 Å². The zero-order valence-electron chi connectivity index (χ0n) is 11.8. The Morgan fingerprint density at radius 1 is 1.43 bits per heavy atom. The molecule has 0 fully saturated rings. The van der Waals surface area contributed by atoms with Gasteiger partial charge in [-0.05, 0) is 13.0 Å². The number of aromatic carboxylic acids is 1. The van der Waals surface area contributed by atoms with Gasteiger partial charge in [0.15, 0.2) is 0 Å². The van der Waals surface area contributed by atoms with Gasteiger partial charge in [0.2, 0.25) is 5.69 Å². The number of aliphatic imine (C=N–C) groups is 1. The SMILES string of the molecule is CC1=NC=CC1c1cc2nc(C(=O)O)c(=O)[nH]c2cc1[N+](=O)[O-]. The summed E-state index contributed by atoms with van der Waals surface area (Å²) in [4.78, 5) is 43.6. The Morgan fingerprint density at radius 2 is 2.17 bits per heavy atom. The topological polar surface area (TPSA) is 139 Å². The third-order valence-electron chi connectivity index (χ3n) is 3.58. The number of allylic oxidation sites excluding steroid dienone is 1. The molecule has 2 aromatic rings. The van der Waals surface area contributed by atoms with E-state index < -0.39 is 22.1 Å². The zero-order chi connectivity index (χ0) is 16.7. The summed E-state index contributed by atoms with van der Waals surface area (Å²) < 4.78 is 0. The molecule has 1 atom stereocenters. The molecule has 1 aliphatic rings. The fourth-order valence-corrected chi connectivity index (χ4v) is 2.49. The van der Waals surface area contributed by atoms with Gasteiger partial charge in [0.1, 0.15) is 0 Å². The Hall–Kier alpha value is -3.36. The van der Waals surface area contributed by atoms with Crippen molar-refractivity contribution in [3.05, 3.63) is 56.1 Å². The highest BCUT2D eigenvalue weighted by atomic mass is 16.6. The molecule has 9 heteroatoms. The number of rotatable bonds is 3. The van der Waals surface area contributed by atoms with Crippen molar-refractivity contribution in [2.24, 2.45) is 4.99 Å². The minimum absolute atomic E-state index is 0.104. The van der Waals surface area contributed by atoms with Crippen LogP contribution in [0.15, 0.2) is 34.2 Å². The summed E-state index contributed by atoms with van der Waals surface area (Å²) in [5, 5.41) is 20.3. The van der Waals surface area contributed by atoms with Crippen LogP contribution >= 0.6 is 0 Å². The predicted molar refractivity (Wildman–Crippen MR) is 81.0 cm³/mol. The summed E-state index contributed by atoms with van der Waals surface area (Å²) in [7, 11) is 0. The number of carbonyl (C=O) groups is 1. The maximum atomic E-state index is 11.6. The quantitative estimate of drug-likeness (QED) is 0.651. The average molecular weight is 314 g/mol. The molecule has 0 saturated carbocycles. The molecule has 1 aliphatic heterocycles. The molecule has 9 nitrogen and oxygen atoms in total. The van der Waals surface area contributed by atoms with E-state index >= 15 is 0 Å². The molecule has 0 amide bonds. The normalized spacial score (nSPS) is 16.6. The number of nitro groups is 1. The molecule has 1 aromatic carbocycles. The molecule has 3 rings (SSSR count). The van der Waals surface area contributed by atoms with Gasteiger partial charge < -0.3 is 10.1 Å².